The van der Waals surface area contributed by atoms with Crippen molar-refractivity contribution in [1.29, 1.82) is 0 Å². The van der Waals surface area contributed by atoms with Crippen LogP contribution < -0.4 is 5.32 Å². The molecule has 2 aromatic rings. The topological polar surface area (TPSA) is 41.1 Å². The molecule has 1 aromatic carbocycles. The van der Waals surface area contributed by atoms with Crippen molar-refractivity contribution in [2.45, 2.75) is 32.9 Å². The lowest BCUT2D eigenvalue weighted by molar-refractivity contribution is 0.331. The van der Waals surface area contributed by atoms with Crippen LogP contribution in [0.2, 0.25) is 0 Å². The number of hydrogen-bond donors (Lipinski definition) is 1. The average molecular weight is 282 g/mol. The van der Waals surface area contributed by atoms with Crippen molar-refractivity contribution in [2.75, 3.05) is 18.4 Å². The standard InChI is InChI=1S/C17H22N4/c1-14-18-9-8-17(20-14)12-19-16-6-4-15(5-7-16)13-21-10-2-3-11-21/h4-9,19H,2-3,10-13H2,1H3. The van der Waals surface area contributed by atoms with Crippen LogP contribution in [-0.4, -0.2) is 28.0 Å². The first-order valence-electron chi connectivity index (χ1n) is 7.63. The molecule has 0 bridgehead atoms. The van der Waals surface area contributed by atoms with E-state index in [1.54, 1.807) is 6.20 Å². The summed E-state index contributed by atoms with van der Waals surface area (Å²) in [6.45, 7) is 6.21. The van der Waals surface area contributed by atoms with E-state index in [2.05, 4.69) is 44.5 Å². The van der Waals surface area contributed by atoms with Crippen molar-refractivity contribution in [2.24, 2.45) is 0 Å². The number of aromatic nitrogens is 2. The van der Waals surface area contributed by atoms with E-state index in [1.165, 1.54) is 31.5 Å². The minimum Gasteiger partial charge on any atom is -0.379 e. The first-order valence-corrected chi connectivity index (χ1v) is 7.63. The number of benzene rings is 1. The molecule has 0 spiro atoms. The summed E-state index contributed by atoms with van der Waals surface area (Å²) in [4.78, 5) is 11.0. The van der Waals surface area contributed by atoms with Gasteiger partial charge in [-0.2, -0.15) is 0 Å². The van der Waals surface area contributed by atoms with Crippen LogP contribution >= 0.6 is 0 Å². The lowest BCUT2D eigenvalue weighted by atomic mass is 10.2. The predicted octanol–water partition coefficient (Wildman–Crippen LogP) is 2.99. The molecule has 0 saturated carbocycles. The van der Waals surface area contributed by atoms with E-state index in [1.807, 2.05) is 13.0 Å². The Kier molecular flexibility index (Phi) is 4.46. The summed E-state index contributed by atoms with van der Waals surface area (Å²) in [6, 6.07) is 10.7. The van der Waals surface area contributed by atoms with Gasteiger partial charge in [0.15, 0.2) is 0 Å². The van der Waals surface area contributed by atoms with Crippen LogP contribution in [0.25, 0.3) is 0 Å². The summed E-state index contributed by atoms with van der Waals surface area (Å²) in [5.74, 6) is 0.815. The minimum absolute atomic E-state index is 0.731. The first kappa shape index (κ1) is 14.0. The highest BCUT2D eigenvalue weighted by Gasteiger charge is 2.11. The number of nitrogens with zero attached hydrogens (tertiary/aromatic N) is 3. The number of nitrogens with one attached hydrogen (secondary N) is 1. The summed E-state index contributed by atoms with van der Waals surface area (Å²) in [5, 5.41) is 3.41. The molecule has 0 aliphatic carbocycles. The smallest absolute Gasteiger partial charge is 0.125 e. The Bertz CT molecular complexity index is 574. The zero-order chi connectivity index (χ0) is 14.5. The molecule has 1 aliphatic heterocycles. The van der Waals surface area contributed by atoms with Gasteiger partial charge in [0.05, 0.1) is 12.2 Å². The van der Waals surface area contributed by atoms with E-state index in [9.17, 15) is 0 Å². The highest BCUT2D eigenvalue weighted by Crippen LogP contribution is 2.15. The van der Waals surface area contributed by atoms with E-state index >= 15 is 0 Å². The quantitative estimate of drug-likeness (QED) is 0.915. The number of rotatable bonds is 5. The molecule has 1 aromatic heterocycles. The lowest BCUT2D eigenvalue weighted by Gasteiger charge is -2.15. The Balaban J connectivity index is 1.54. The van der Waals surface area contributed by atoms with E-state index in [0.717, 1.165) is 30.3 Å². The molecular formula is C17H22N4. The normalized spacial score (nSPS) is 15.3. The van der Waals surface area contributed by atoms with Crippen molar-refractivity contribution in [3.63, 3.8) is 0 Å². The number of hydrogen-bond acceptors (Lipinski definition) is 4. The molecule has 1 aliphatic rings. The van der Waals surface area contributed by atoms with Gasteiger partial charge in [0.25, 0.3) is 0 Å². The van der Waals surface area contributed by atoms with Gasteiger partial charge in [-0.1, -0.05) is 12.1 Å². The van der Waals surface area contributed by atoms with Crippen LogP contribution in [0.5, 0.6) is 0 Å². The molecule has 1 saturated heterocycles. The fourth-order valence-corrected chi connectivity index (χ4v) is 2.72. The van der Waals surface area contributed by atoms with E-state index in [0.29, 0.717) is 0 Å². The van der Waals surface area contributed by atoms with Gasteiger partial charge in [0.2, 0.25) is 0 Å². The van der Waals surface area contributed by atoms with Gasteiger partial charge in [-0.15, -0.1) is 0 Å². The van der Waals surface area contributed by atoms with Crippen LogP contribution in [0.3, 0.4) is 0 Å². The fourth-order valence-electron chi connectivity index (χ4n) is 2.72. The van der Waals surface area contributed by atoms with Crippen LogP contribution in [0.4, 0.5) is 5.69 Å². The van der Waals surface area contributed by atoms with Gasteiger partial charge in [-0.05, 0) is 56.6 Å². The zero-order valence-corrected chi connectivity index (χ0v) is 12.5. The second-order valence-corrected chi connectivity index (χ2v) is 5.63. The number of anilines is 1. The fraction of sp³-hybridized carbons (Fsp3) is 0.412. The summed E-state index contributed by atoms with van der Waals surface area (Å²) < 4.78 is 0. The Hall–Kier alpha value is -1.94. The molecule has 0 amide bonds. The molecule has 0 unspecified atom stereocenters. The van der Waals surface area contributed by atoms with Crippen LogP contribution in [0.1, 0.15) is 29.9 Å². The lowest BCUT2D eigenvalue weighted by Crippen LogP contribution is -2.18. The Morgan fingerprint density at radius 2 is 1.86 bits per heavy atom. The highest BCUT2D eigenvalue weighted by molar-refractivity contribution is 5.44. The van der Waals surface area contributed by atoms with E-state index < -0.39 is 0 Å². The maximum absolute atomic E-state index is 4.39. The molecule has 2 heterocycles. The van der Waals surface area contributed by atoms with Crippen LogP contribution in [0, 0.1) is 6.92 Å². The monoisotopic (exact) mass is 282 g/mol. The minimum atomic E-state index is 0.731. The zero-order valence-electron chi connectivity index (χ0n) is 12.5. The molecule has 21 heavy (non-hydrogen) atoms. The van der Waals surface area contributed by atoms with Gasteiger partial charge in [0, 0.05) is 18.4 Å². The SMILES string of the molecule is Cc1nccc(CNc2ccc(CN3CCCC3)cc2)n1. The first-order chi connectivity index (χ1) is 10.3. The number of likely N-dealkylation sites (tertiary alicyclic amines) is 1. The summed E-state index contributed by atoms with van der Waals surface area (Å²) in [6.07, 6.45) is 4.49. The third-order valence-electron chi connectivity index (χ3n) is 3.87. The summed E-state index contributed by atoms with van der Waals surface area (Å²) >= 11 is 0. The molecule has 1 fully saturated rings. The van der Waals surface area contributed by atoms with Gasteiger partial charge < -0.3 is 5.32 Å². The highest BCUT2D eigenvalue weighted by atomic mass is 15.1. The second kappa shape index (κ2) is 6.68. The molecule has 110 valence electrons. The van der Waals surface area contributed by atoms with Gasteiger partial charge in [-0.3, -0.25) is 4.90 Å². The molecular weight excluding hydrogens is 260 g/mol. The van der Waals surface area contributed by atoms with Crippen molar-refractivity contribution in [3.05, 3.63) is 53.6 Å². The maximum Gasteiger partial charge on any atom is 0.125 e. The van der Waals surface area contributed by atoms with Crippen LogP contribution in [-0.2, 0) is 13.1 Å². The average Bonchev–Trinajstić information content (AvgIpc) is 3.00. The largest absolute Gasteiger partial charge is 0.379 e. The molecule has 3 rings (SSSR count). The van der Waals surface area contributed by atoms with E-state index in [4.69, 9.17) is 0 Å². The summed E-state index contributed by atoms with van der Waals surface area (Å²) in [7, 11) is 0. The third-order valence-corrected chi connectivity index (χ3v) is 3.87. The molecule has 4 nitrogen and oxygen atoms in total. The maximum atomic E-state index is 4.39. The van der Waals surface area contributed by atoms with Crippen LogP contribution in [0.15, 0.2) is 36.5 Å². The number of aryl methyl sites for hydroxylation is 1. The van der Waals surface area contributed by atoms with Crippen molar-refractivity contribution in [1.82, 2.24) is 14.9 Å². The Morgan fingerprint density at radius 1 is 1.10 bits per heavy atom. The third kappa shape index (κ3) is 4.02. The van der Waals surface area contributed by atoms with Gasteiger partial charge in [0.1, 0.15) is 5.82 Å². The van der Waals surface area contributed by atoms with E-state index in [-0.39, 0.29) is 0 Å². The molecule has 0 radical (unpaired) electrons. The van der Waals surface area contributed by atoms with Gasteiger partial charge in [-0.25, -0.2) is 9.97 Å². The Labute approximate surface area is 126 Å². The van der Waals surface area contributed by atoms with Crippen molar-refractivity contribution < 1.29 is 0 Å². The molecule has 1 N–H and O–H groups in total. The summed E-state index contributed by atoms with van der Waals surface area (Å²) in [5.41, 5.74) is 3.54. The molecule has 0 atom stereocenters. The second-order valence-electron chi connectivity index (χ2n) is 5.63. The van der Waals surface area contributed by atoms with Gasteiger partial charge >= 0.3 is 0 Å². The predicted molar refractivity (Wildman–Crippen MR) is 85.0 cm³/mol. The molecule has 4 heteroatoms. The van der Waals surface area contributed by atoms with Crippen molar-refractivity contribution in [3.8, 4) is 0 Å². The Morgan fingerprint density at radius 3 is 2.57 bits per heavy atom. The van der Waals surface area contributed by atoms with Crippen molar-refractivity contribution >= 4 is 5.69 Å².